The molecule has 1 aromatic rings. The molecule has 0 aromatic heterocycles. The number of nitrogens with one attached hydrogen (secondary N) is 2. The van der Waals surface area contributed by atoms with E-state index in [9.17, 15) is 0 Å². The molecule has 0 radical (unpaired) electrons. The summed E-state index contributed by atoms with van der Waals surface area (Å²) in [6.45, 7) is 10.2. The predicted octanol–water partition coefficient (Wildman–Crippen LogP) is 3.40. The van der Waals surface area contributed by atoms with Crippen LogP contribution in [-0.2, 0) is 5.41 Å². The Bertz CT molecular complexity index is 356. The normalized spacial score (nSPS) is 20.7. The number of benzene rings is 1. The van der Waals surface area contributed by atoms with Crippen LogP contribution in [0.25, 0.3) is 0 Å². The van der Waals surface area contributed by atoms with Gasteiger partial charge in [-0.25, -0.2) is 0 Å². The third kappa shape index (κ3) is 3.74. The fraction of sp³-hybridized carbons (Fsp3) is 0.625. The van der Waals surface area contributed by atoms with Crippen molar-refractivity contribution >= 4 is 5.69 Å². The molecule has 100 valence electrons. The lowest BCUT2D eigenvalue weighted by Gasteiger charge is -2.24. The number of hydrogen-bond acceptors (Lipinski definition) is 2. The van der Waals surface area contributed by atoms with Gasteiger partial charge in [-0.1, -0.05) is 32.9 Å². The topological polar surface area (TPSA) is 24.1 Å². The first kappa shape index (κ1) is 13.4. The van der Waals surface area contributed by atoms with E-state index in [1.165, 1.54) is 30.6 Å². The van der Waals surface area contributed by atoms with Crippen LogP contribution in [0.2, 0.25) is 0 Å². The molecule has 18 heavy (non-hydrogen) atoms. The van der Waals surface area contributed by atoms with Crippen LogP contribution in [0, 0.1) is 5.92 Å². The largest absolute Gasteiger partial charge is 0.385 e. The zero-order chi connectivity index (χ0) is 13.0. The third-order valence-corrected chi connectivity index (χ3v) is 3.74. The predicted molar refractivity (Wildman–Crippen MR) is 79.2 cm³/mol. The first-order valence-corrected chi connectivity index (χ1v) is 7.11. The highest BCUT2D eigenvalue weighted by Crippen LogP contribution is 2.23. The van der Waals surface area contributed by atoms with Crippen molar-refractivity contribution in [1.29, 1.82) is 0 Å². The molecular weight excluding hydrogens is 220 g/mol. The highest BCUT2D eigenvalue weighted by atomic mass is 14.9. The molecule has 2 nitrogen and oxygen atoms in total. The third-order valence-electron chi connectivity index (χ3n) is 3.74. The molecule has 0 spiro atoms. The molecule has 0 aliphatic carbocycles. The Kier molecular flexibility index (Phi) is 4.28. The maximum Gasteiger partial charge on any atom is 0.0340 e. The molecule has 0 saturated carbocycles. The molecule has 1 unspecified atom stereocenters. The van der Waals surface area contributed by atoms with E-state index in [4.69, 9.17) is 0 Å². The van der Waals surface area contributed by atoms with Gasteiger partial charge in [0.2, 0.25) is 0 Å². The van der Waals surface area contributed by atoms with Crippen molar-refractivity contribution < 1.29 is 0 Å². The molecule has 1 saturated heterocycles. The summed E-state index contributed by atoms with van der Waals surface area (Å²) >= 11 is 0. The molecule has 1 atom stereocenters. The Morgan fingerprint density at radius 1 is 1.22 bits per heavy atom. The summed E-state index contributed by atoms with van der Waals surface area (Å²) in [5.74, 6) is 0.779. The highest BCUT2D eigenvalue weighted by molar-refractivity contribution is 5.45. The van der Waals surface area contributed by atoms with E-state index in [2.05, 4.69) is 55.7 Å². The van der Waals surface area contributed by atoms with Gasteiger partial charge in [0.1, 0.15) is 0 Å². The standard InChI is InChI=1S/C16H26N2/c1-16(2,3)14-6-8-15(9-7-14)18-12-13-5-4-10-17-11-13/h6-9,13,17-18H,4-5,10-12H2,1-3H3. The maximum atomic E-state index is 3.55. The number of anilines is 1. The van der Waals surface area contributed by atoms with E-state index in [1.807, 2.05) is 0 Å². The molecule has 2 N–H and O–H groups in total. The zero-order valence-electron chi connectivity index (χ0n) is 11.9. The Labute approximate surface area is 111 Å². The maximum absolute atomic E-state index is 3.55. The van der Waals surface area contributed by atoms with Gasteiger partial charge in [-0.05, 0) is 55.0 Å². The van der Waals surface area contributed by atoms with E-state index in [0.717, 1.165) is 19.0 Å². The van der Waals surface area contributed by atoms with E-state index in [1.54, 1.807) is 0 Å². The summed E-state index contributed by atoms with van der Waals surface area (Å²) in [5.41, 5.74) is 2.88. The second-order valence-corrected chi connectivity index (χ2v) is 6.42. The Hall–Kier alpha value is -1.02. The Balaban J connectivity index is 1.86. The van der Waals surface area contributed by atoms with E-state index >= 15 is 0 Å². The van der Waals surface area contributed by atoms with Gasteiger partial charge >= 0.3 is 0 Å². The minimum atomic E-state index is 0.242. The Morgan fingerprint density at radius 3 is 2.50 bits per heavy atom. The molecule has 1 aliphatic rings. The van der Waals surface area contributed by atoms with Gasteiger partial charge in [0.05, 0.1) is 0 Å². The van der Waals surface area contributed by atoms with Crippen LogP contribution in [0.1, 0.15) is 39.2 Å². The molecule has 0 amide bonds. The van der Waals surface area contributed by atoms with E-state index in [0.29, 0.717) is 0 Å². The molecule has 0 bridgehead atoms. The van der Waals surface area contributed by atoms with Crippen molar-refractivity contribution in [3.05, 3.63) is 29.8 Å². The van der Waals surface area contributed by atoms with Gasteiger partial charge in [0, 0.05) is 12.2 Å². The second-order valence-electron chi connectivity index (χ2n) is 6.42. The first-order chi connectivity index (χ1) is 8.55. The molecule has 1 fully saturated rings. The van der Waals surface area contributed by atoms with Gasteiger partial charge in [0.25, 0.3) is 0 Å². The summed E-state index contributed by atoms with van der Waals surface area (Å²) in [7, 11) is 0. The molecule has 1 aliphatic heterocycles. The van der Waals surface area contributed by atoms with Crippen molar-refractivity contribution in [3.63, 3.8) is 0 Å². The van der Waals surface area contributed by atoms with Crippen molar-refractivity contribution in [3.8, 4) is 0 Å². The van der Waals surface area contributed by atoms with Gasteiger partial charge in [-0.15, -0.1) is 0 Å². The number of piperidine rings is 1. The van der Waals surface area contributed by atoms with Gasteiger partial charge < -0.3 is 10.6 Å². The monoisotopic (exact) mass is 246 g/mol. The minimum absolute atomic E-state index is 0.242. The molecule has 1 aromatic carbocycles. The summed E-state index contributed by atoms with van der Waals surface area (Å²) in [6.07, 6.45) is 2.66. The first-order valence-electron chi connectivity index (χ1n) is 7.11. The quantitative estimate of drug-likeness (QED) is 0.854. The second kappa shape index (κ2) is 5.75. The van der Waals surface area contributed by atoms with Gasteiger partial charge in [-0.3, -0.25) is 0 Å². The summed E-state index contributed by atoms with van der Waals surface area (Å²) in [4.78, 5) is 0. The zero-order valence-corrected chi connectivity index (χ0v) is 11.9. The van der Waals surface area contributed by atoms with Crippen LogP contribution in [0.5, 0.6) is 0 Å². The summed E-state index contributed by atoms with van der Waals surface area (Å²) in [6, 6.07) is 8.89. The van der Waals surface area contributed by atoms with Crippen LogP contribution in [0.3, 0.4) is 0 Å². The van der Waals surface area contributed by atoms with Crippen LogP contribution in [-0.4, -0.2) is 19.6 Å². The molecule has 2 rings (SSSR count). The highest BCUT2D eigenvalue weighted by Gasteiger charge is 2.14. The number of hydrogen-bond donors (Lipinski definition) is 2. The van der Waals surface area contributed by atoms with Crippen LogP contribution < -0.4 is 10.6 Å². The minimum Gasteiger partial charge on any atom is -0.385 e. The van der Waals surface area contributed by atoms with Crippen molar-refractivity contribution in [2.24, 2.45) is 5.92 Å². The fourth-order valence-electron chi connectivity index (χ4n) is 2.45. The lowest BCUT2D eigenvalue weighted by atomic mass is 9.87. The van der Waals surface area contributed by atoms with Crippen LogP contribution in [0.15, 0.2) is 24.3 Å². The molecule has 2 heteroatoms. The molecule has 1 heterocycles. The lowest BCUT2D eigenvalue weighted by Crippen LogP contribution is -2.33. The van der Waals surface area contributed by atoms with Crippen molar-refractivity contribution in [1.82, 2.24) is 5.32 Å². The Morgan fingerprint density at radius 2 is 1.94 bits per heavy atom. The summed E-state index contributed by atoms with van der Waals surface area (Å²) in [5, 5.41) is 7.01. The molecular formula is C16H26N2. The SMILES string of the molecule is CC(C)(C)c1ccc(NCC2CCCNC2)cc1. The lowest BCUT2D eigenvalue weighted by molar-refractivity contribution is 0.393. The average molecular weight is 246 g/mol. The smallest absolute Gasteiger partial charge is 0.0340 e. The van der Waals surface area contributed by atoms with E-state index < -0.39 is 0 Å². The van der Waals surface area contributed by atoms with Crippen molar-refractivity contribution in [2.75, 3.05) is 25.0 Å². The fourth-order valence-corrected chi connectivity index (χ4v) is 2.45. The van der Waals surface area contributed by atoms with Gasteiger partial charge in [-0.2, -0.15) is 0 Å². The van der Waals surface area contributed by atoms with Crippen LogP contribution >= 0.6 is 0 Å². The summed E-state index contributed by atoms with van der Waals surface area (Å²) < 4.78 is 0. The van der Waals surface area contributed by atoms with Crippen LogP contribution in [0.4, 0.5) is 5.69 Å². The average Bonchev–Trinajstić information content (AvgIpc) is 2.37. The van der Waals surface area contributed by atoms with E-state index in [-0.39, 0.29) is 5.41 Å². The van der Waals surface area contributed by atoms with Gasteiger partial charge in [0.15, 0.2) is 0 Å². The number of rotatable bonds is 3. The van der Waals surface area contributed by atoms with Crippen molar-refractivity contribution in [2.45, 2.75) is 39.0 Å².